The number of ether oxygens (including phenoxy) is 1. The highest BCUT2D eigenvalue weighted by Crippen LogP contribution is 2.24. The van der Waals surface area contributed by atoms with E-state index in [1.54, 1.807) is 23.1 Å². The van der Waals surface area contributed by atoms with E-state index in [-0.39, 0.29) is 42.7 Å². The van der Waals surface area contributed by atoms with Crippen LogP contribution in [0.2, 0.25) is 0 Å². The van der Waals surface area contributed by atoms with Gasteiger partial charge in [0.2, 0.25) is 5.91 Å². The molecule has 2 atom stereocenters. The van der Waals surface area contributed by atoms with Gasteiger partial charge in [-0.15, -0.1) is 0 Å². The summed E-state index contributed by atoms with van der Waals surface area (Å²) in [5.74, 6) is -0.620. The monoisotopic (exact) mass is 321 g/mol. The molecule has 2 aliphatic heterocycles. The van der Waals surface area contributed by atoms with Crippen LogP contribution >= 0.6 is 0 Å². The number of halogens is 1. The van der Waals surface area contributed by atoms with Gasteiger partial charge in [-0.2, -0.15) is 0 Å². The van der Waals surface area contributed by atoms with Crippen LogP contribution < -0.4 is 10.2 Å². The molecule has 1 aromatic rings. The van der Waals surface area contributed by atoms with Gasteiger partial charge in [-0.05, 0) is 19.1 Å². The highest BCUT2D eigenvalue weighted by molar-refractivity contribution is 5.96. The van der Waals surface area contributed by atoms with Gasteiger partial charge in [-0.25, -0.2) is 9.18 Å². The van der Waals surface area contributed by atoms with Crippen LogP contribution in [0.15, 0.2) is 24.3 Å². The second kappa shape index (κ2) is 6.54. The predicted molar refractivity (Wildman–Crippen MR) is 82.7 cm³/mol. The molecule has 3 amide bonds. The number of hydrogen-bond acceptors (Lipinski definition) is 3. The maximum Gasteiger partial charge on any atom is 0.318 e. The van der Waals surface area contributed by atoms with E-state index in [9.17, 15) is 14.0 Å². The molecule has 0 bridgehead atoms. The zero-order valence-electron chi connectivity index (χ0n) is 13.0. The molecule has 0 radical (unpaired) electrons. The van der Waals surface area contributed by atoms with E-state index in [1.807, 2.05) is 6.92 Å². The van der Waals surface area contributed by atoms with Crippen LogP contribution in [0.4, 0.5) is 14.9 Å². The van der Waals surface area contributed by atoms with Crippen LogP contribution in [0.5, 0.6) is 0 Å². The molecular weight excluding hydrogens is 301 g/mol. The molecule has 2 saturated heterocycles. The van der Waals surface area contributed by atoms with E-state index in [0.29, 0.717) is 19.8 Å². The summed E-state index contributed by atoms with van der Waals surface area (Å²) in [5, 5.41) is 2.88. The molecule has 1 aromatic carbocycles. The van der Waals surface area contributed by atoms with E-state index >= 15 is 0 Å². The molecule has 1 N–H and O–H groups in total. The van der Waals surface area contributed by atoms with Gasteiger partial charge in [0.1, 0.15) is 5.82 Å². The number of anilines is 1. The number of carbonyl (C=O) groups excluding carboxylic acids is 2. The summed E-state index contributed by atoms with van der Waals surface area (Å²) in [4.78, 5) is 27.6. The Labute approximate surface area is 134 Å². The minimum Gasteiger partial charge on any atom is -0.377 e. The fraction of sp³-hybridized carbons (Fsp3) is 0.500. The van der Waals surface area contributed by atoms with Crippen LogP contribution in [0, 0.1) is 5.82 Å². The van der Waals surface area contributed by atoms with Crippen LogP contribution in [0.3, 0.4) is 0 Å². The Balaban J connectivity index is 1.64. The van der Waals surface area contributed by atoms with Gasteiger partial charge in [-0.3, -0.25) is 4.79 Å². The van der Waals surface area contributed by atoms with Gasteiger partial charge in [-0.1, -0.05) is 12.1 Å². The van der Waals surface area contributed by atoms with E-state index in [1.165, 1.54) is 11.0 Å². The number of nitrogens with one attached hydrogen (secondary N) is 1. The van der Waals surface area contributed by atoms with Crippen LogP contribution in [0.1, 0.15) is 13.3 Å². The second-order valence-electron chi connectivity index (χ2n) is 5.92. The first-order valence-electron chi connectivity index (χ1n) is 7.76. The van der Waals surface area contributed by atoms with Crippen molar-refractivity contribution in [2.75, 3.05) is 31.2 Å². The van der Waals surface area contributed by atoms with E-state index in [0.717, 1.165) is 0 Å². The van der Waals surface area contributed by atoms with Gasteiger partial charge >= 0.3 is 6.03 Å². The van der Waals surface area contributed by atoms with Crippen molar-refractivity contribution in [1.82, 2.24) is 10.2 Å². The molecule has 0 spiro atoms. The fourth-order valence-corrected chi connectivity index (χ4v) is 2.99. The van der Waals surface area contributed by atoms with E-state index in [4.69, 9.17) is 4.74 Å². The molecule has 1 unspecified atom stereocenters. The molecule has 7 heteroatoms. The molecule has 2 aliphatic rings. The number of nitrogens with zero attached hydrogens (tertiary/aromatic N) is 2. The summed E-state index contributed by atoms with van der Waals surface area (Å²) >= 11 is 0. The van der Waals surface area contributed by atoms with Crippen molar-refractivity contribution in [3.05, 3.63) is 30.1 Å². The molecule has 23 heavy (non-hydrogen) atoms. The Morgan fingerprint density at radius 2 is 2.17 bits per heavy atom. The lowest BCUT2D eigenvalue weighted by Crippen LogP contribution is -2.53. The molecule has 2 heterocycles. The maximum absolute atomic E-state index is 13.8. The largest absolute Gasteiger partial charge is 0.377 e. The minimum atomic E-state index is -0.436. The Bertz CT molecular complexity index is 610. The molecule has 2 fully saturated rings. The van der Waals surface area contributed by atoms with Gasteiger partial charge in [0.25, 0.3) is 0 Å². The van der Waals surface area contributed by atoms with Crippen LogP contribution in [-0.2, 0) is 9.53 Å². The summed E-state index contributed by atoms with van der Waals surface area (Å²) in [5.41, 5.74) is 0.258. The molecule has 0 aliphatic carbocycles. The summed E-state index contributed by atoms with van der Waals surface area (Å²) in [7, 11) is 0. The van der Waals surface area contributed by atoms with Crippen molar-refractivity contribution in [3.63, 3.8) is 0 Å². The quantitative estimate of drug-likeness (QED) is 0.895. The van der Waals surface area contributed by atoms with Crippen molar-refractivity contribution >= 4 is 17.6 Å². The minimum absolute atomic E-state index is 0.00326. The fourth-order valence-electron chi connectivity index (χ4n) is 2.99. The van der Waals surface area contributed by atoms with Crippen molar-refractivity contribution in [3.8, 4) is 0 Å². The van der Waals surface area contributed by atoms with Gasteiger partial charge in [0.15, 0.2) is 0 Å². The zero-order valence-corrected chi connectivity index (χ0v) is 13.0. The Morgan fingerprint density at radius 3 is 2.91 bits per heavy atom. The summed E-state index contributed by atoms with van der Waals surface area (Å²) in [6, 6.07) is 5.65. The average molecular weight is 321 g/mol. The number of morpholine rings is 1. The van der Waals surface area contributed by atoms with Crippen molar-refractivity contribution in [1.29, 1.82) is 0 Å². The van der Waals surface area contributed by atoms with Crippen LogP contribution in [-0.4, -0.2) is 55.2 Å². The van der Waals surface area contributed by atoms with E-state index < -0.39 is 5.82 Å². The topological polar surface area (TPSA) is 61.9 Å². The highest BCUT2D eigenvalue weighted by atomic mass is 19.1. The summed E-state index contributed by atoms with van der Waals surface area (Å²) in [6.07, 6.45) is 0.179. The molecule has 0 aromatic heterocycles. The molecule has 3 rings (SSSR count). The van der Waals surface area contributed by atoms with Crippen molar-refractivity contribution in [2.24, 2.45) is 0 Å². The number of benzene rings is 1. The smallest absolute Gasteiger partial charge is 0.318 e. The number of para-hydroxylation sites is 1. The normalized spacial score (nSPS) is 24.9. The summed E-state index contributed by atoms with van der Waals surface area (Å²) < 4.78 is 19.2. The van der Waals surface area contributed by atoms with Gasteiger partial charge in [0.05, 0.1) is 31.0 Å². The first-order valence-corrected chi connectivity index (χ1v) is 7.76. The second-order valence-corrected chi connectivity index (χ2v) is 5.92. The Morgan fingerprint density at radius 1 is 1.39 bits per heavy atom. The molecule has 6 nitrogen and oxygen atoms in total. The first kappa shape index (κ1) is 15.7. The lowest BCUT2D eigenvalue weighted by Gasteiger charge is -2.34. The number of rotatable bonds is 2. The third kappa shape index (κ3) is 3.29. The lowest BCUT2D eigenvalue weighted by molar-refractivity contribution is -0.117. The average Bonchev–Trinajstić information content (AvgIpc) is 2.88. The third-order valence-corrected chi connectivity index (χ3v) is 4.22. The predicted octanol–water partition coefficient (Wildman–Crippen LogP) is 1.36. The van der Waals surface area contributed by atoms with Crippen LogP contribution in [0.25, 0.3) is 0 Å². The zero-order chi connectivity index (χ0) is 16.4. The van der Waals surface area contributed by atoms with Crippen molar-refractivity contribution in [2.45, 2.75) is 25.4 Å². The van der Waals surface area contributed by atoms with Crippen molar-refractivity contribution < 1.29 is 18.7 Å². The number of amides is 3. The molecule has 124 valence electrons. The molecular formula is C16H20FN3O3. The Hall–Kier alpha value is -2.15. The number of hydrogen-bond donors (Lipinski definition) is 1. The number of urea groups is 1. The molecule has 0 saturated carbocycles. The summed E-state index contributed by atoms with van der Waals surface area (Å²) in [6.45, 7) is 3.76. The number of carbonyl (C=O) groups is 2. The Kier molecular flexibility index (Phi) is 4.47. The lowest BCUT2D eigenvalue weighted by atomic mass is 10.2. The van der Waals surface area contributed by atoms with Gasteiger partial charge < -0.3 is 19.9 Å². The standard InChI is InChI=1S/C16H20FN3O3/c1-11-10-23-7-6-19(11)16(22)18-12-8-15(21)20(9-12)14-5-3-2-4-13(14)17/h2-5,11-12H,6-10H2,1H3,(H,18,22)/t11-,12?/m1/s1. The first-order chi connectivity index (χ1) is 11.1. The SMILES string of the molecule is C[C@@H]1COCCN1C(=O)NC1CC(=O)N(c2ccccc2F)C1. The highest BCUT2D eigenvalue weighted by Gasteiger charge is 2.34. The van der Waals surface area contributed by atoms with E-state index in [2.05, 4.69) is 5.32 Å². The third-order valence-electron chi connectivity index (χ3n) is 4.22. The van der Waals surface area contributed by atoms with Gasteiger partial charge in [0, 0.05) is 19.5 Å². The maximum atomic E-state index is 13.8.